The van der Waals surface area contributed by atoms with Crippen molar-refractivity contribution >= 4 is 5.91 Å². The van der Waals surface area contributed by atoms with Gasteiger partial charge < -0.3 is 5.32 Å². The average molecular weight is 251 g/mol. The van der Waals surface area contributed by atoms with Crippen molar-refractivity contribution < 1.29 is 4.79 Å². The van der Waals surface area contributed by atoms with Gasteiger partial charge in [0.1, 0.15) is 0 Å². The SMILES string of the molecule is CCCCC(CC)C(=O)NC(C)c1cnn(C)c1. The first-order chi connectivity index (χ1) is 8.58. The number of nitrogens with one attached hydrogen (secondary N) is 1. The minimum Gasteiger partial charge on any atom is -0.349 e. The lowest BCUT2D eigenvalue weighted by atomic mass is 9.98. The zero-order valence-corrected chi connectivity index (χ0v) is 11.9. The van der Waals surface area contributed by atoms with Crippen LogP contribution >= 0.6 is 0 Å². The summed E-state index contributed by atoms with van der Waals surface area (Å²) in [7, 11) is 1.88. The molecule has 0 spiro atoms. The number of carbonyl (C=O) groups excluding carboxylic acids is 1. The quantitative estimate of drug-likeness (QED) is 0.810. The summed E-state index contributed by atoms with van der Waals surface area (Å²) in [5.41, 5.74) is 1.05. The summed E-state index contributed by atoms with van der Waals surface area (Å²) >= 11 is 0. The van der Waals surface area contributed by atoms with Crippen LogP contribution in [-0.2, 0) is 11.8 Å². The van der Waals surface area contributed by atoms with Crippen LogP contribution in [-0.4, -0.2) is 15.7 Å². The van der Waals surface area contributed by atoms with Gasteiger partial charge in [-0.1, -0.05) is 26.7 Å². The minimum atomic E-state index is 0.0295. The number of aromatic nitrogens is 2. The van der Waals surface area contributed by atoms with E-state index in [1.165, 1.54) is 0 Å². The Morgan fingerprint density at radius 3 is 2.72 bits per heavy atom. The highest BCUT2D eigenvalue weighted by Crippen LogP contribution is 2.16. The highest BCUT2D eigenvalue weighted by molar-refractivity contribution is 5.78. The monoisotopic (exact) mass is 251 g/mol. The zero-order valence-electron chi connectivity index (χ0n) is 11.9. The zero-order chi connectivity index (χ0) is 13.5. The lowest BCUT2D eigenvalue weighted by Gasteiger charge is -2.18. The fourth-order valence-corrected chi connectivity index (χ4v) is 2.05. The second kappa shape index (κ2) is 7.19. The number of rotatable bonds is 7. The van der Waals surface area contributed by atoms with E-state index in [-0.39, 0.29) is 17.9 Å². The molecule has 2 atom stereocenters. The van der Waals surface area contributed by atoms with E-state index in [9.17, 15) is 4.79 Å². The predicted octanol–water partition coefficient (Wildman–Crippen LogP) is 2.81. The molecule has 0 aromatic carbocycles. The molecule has 1 rings (SSSR count). The van der Waals surface area contributed by atoms with Gasteiger partial charge in [0.25, 0.3) is 0 Å². The Morgan fingerprint density at radius 2 is 2.22 bits per heavy atom. The van der Waals surface area contributed by atoms with Crippen LogP contribution in [0, 0.1) is 5.92 Å². The van der Waals surface area contributed by atoms with E-state index in [1.807, 2.05) is 20.2 Å². The Labute approximate surface area is 110 Å². The summed E-state index contributed by atoms with van der Waals surface area (Å²) in [6.45, 7) is 6.24. The fourth-order valence-electron chi connectivity index (χ4n) is 2.05. The molecule has 1 heterocycles. The normalized spacial score (nSPS) is 14.2. The number of hydrogen-bond acceptors (Lipinski definition) is 2. The second-order valence-corrected chi connectivity index (χ2v) is 4.93. The molecule has 0 fully saturated rings. The van der Waals surface area contributed by atoms with Crippen LogP contribution in [0.25, 0.3) is 0 Å². The van der Waals surface area contributed by atoms with Gasteiger partial charge in [-0.15, -0.1) is 0 Å². The highest BCUT2D eigenvalue weighted by Gasteiger charge is 2.18. The number of hydrogen-bond donors (Lipinski definition) is 1. The van der Waals surface area contributed by atoms with Crippen LogP contribution in [0.4, 0.5) is 0 Å². The van der Waals surface area contributed by atoms with Crippen molar-refractivity contribution in [2.75, 3.05) is 0 Å². The third kappa shape index (κ3) is 4.17. The summed E-state index contributed by atoms with van der Waals surface area (Å²) in [6.07, 6.45) is 7.90. The molecule has 2 unspecified atom stereocenters. The molecule has 1 aromatic rings. The smallest absolute Gasteiger partial charge is 0.223 e. The van der Waals surface area contributed by atoms with Crippen molar-refractivity contribution in [3.05, 3.63) is 18.0 Å². The molecule has 0 radical (unpaired) electrons. The summed E-state index contributed by atoms with van der Waals surface area (Å²) in [5.74, 6) is 0.311. The van der Waals surface area contributed by atoms with Crippen LogP contribution < -0.4 is 5.32 Å². The molecule has 0 aliphatic rings. The Balaban J connectivity index is 2.52. The third-order valence-electron chi connectivity index (χ3n) is 3.35. The molecule has 1 aromatic heterocycles. The van der Waals surface area contributed by atoms with Gasteiger partial charge >= 0.3 is 0 Å². The summed E-state index contributed by atoms with van der Waals surface area (Å²) < 4.78 is 1.76. The maximum absolute atomic E-state index is 12.1. The van der Waals surface area contributed by atoms with E-state index >= 15 is 0 Å². The van der Waals surface area contributed by atoms with E-state index in [1.54, 1.807) is 10.9 Å². The molecule has 1 amide bonds. The molecule has 0 saturated carbocycles. The van der Waals surface area contributed by atoms with Crippen molar-refractivity contribution in [1.29, 1.82) is 0 Å². The number of carbonyl (C=O) groups is 1. The first kappa shape index (κ1) is 14.7. The van der Waals surface area contributed by atoms with Gasteiger partial charge in [0.15, 0.2) is 0 Å². The van der Waals surface area contributed by atoms with Gasteiger partial charge in [-0.3, -0.25) is 9.48 Å². The molecule has 4 heteroatoms. The van der Waals surface area contributed by atoms with Gasteiger partial charge in [-0.25, -0.2) is 0 Å². The van der Waals surface area contributed by atoms with Crippen molar-refractivity contribution in [3.63, 3.8) is 0 Å². The molecule has 0 bridgehead atoms. The Bertz CT molecular complexity index is 373. The summed E-state index contributed by atoms with van der Waals surface area (Å²) in [5, 5.41) is 7.20. The van der Waals surface area contributed by atoms with Gasteiger partial charge in [-0.05, 0) is 19.8 Å². The number of amides is 1. The Morgan fingerprint density at radius 1 is 1.50 bits per heavy atom. The van der Waals surface area contributed by atoms with Crippen LogP contribution in [0.2, 0.25) is 0 Å². The molecule has 0 aliphatic heterocycles. The standard InChI is InChI=1S/C14H25N3O/c1-5-7-8-12(6-2)14(18)16-11(3)13-9-15-17(4)10-13/h9-12H,5-8H2,1-4H3,(H,16,18). The van der Waals surface area contributed by atoms with Gasteiger partial charge in [-0.2, -0.15) is 5.10 Å². The van der Waals surface area contributed by atoms with Crippen LogP contribution in [0.15, 0.2) is 12.4 Å². The molecule has 1 N–H and O–H groups in total. The topological polar surface area (TPSA) is 46.9 Å². The predicted molar refractivity (Wildman–Crippen MR) is 73.1 cm³/mol. The minimum absolute atomic E-state index is 0.0295. The molecular weight excluding hydrogens is 226 g/mol. The highest BCUT2D eigenvalue weighted by atomic mass is 16.1. The van der Waals surface area contributed by atoms with Crippen molar-refractivity contribution in [2.24, 2.45) is 13.0 Å². The maximum Gasteiger partial charge on any atom is 0.223 e. The molecule has 102 valence electrons. The molecule has 0 aliphatic carbocycles. The van der Waals surface area contributed by atoms with Crippen LogP contribution in [0.3, 0.4) is 0 Å². The first-order valence-electron chi connectivity index (χ1n) is 6.87. The van der Waals surface area contributed by atoms with E-state index < -0.39 is 0 Å². The number of aryl methyl sites for hydroxylation is 1. The largest absolute Gasteiger partial charge is 0.349 e. The van der Waals surface area contributed by atoms with Crippen LogP contribution in [0.1, 0.15) is 58.1 Å². The van der Waals surface area contributed by atoms with Crippen molar-refractivity contribution in [2.45, 2.75) is 52.5 Å². The maximum atomic E-state index is 12.1. The lowest BCUT2D eigenvalue weighted by Crippen LogP contribution is -2.32. The van der Waals surface area contributed by atoms with E-state index in [0.717, 1.165) is 31.2 Å². The number of unbranched alkanes of at least 4 members (excludes halogenated alkanes) is 1. The van der Waals surface area contributed by atoms with Gasteiger partial charge in [0.2, 0.25) is 5.91 Å². The van der Waals surface area contributed by atoms with Gasteiger partial charge in [0, 0.05) is 24.7 Å². The van der Waals surface area contributed by atoms with E-state index in [0.29, 0.717) is 0 Å². The van der Waals surface area contributed by atoms with Crippen LogP contribution in [0.5, 0.6) is 0 Å². The van der Waals surface area contributed by atoms with Gasteiger partial charge in [0.05, 0.1) is 12.2 Å². The third-order valence-corrected chi connectivity index (χ3v) is 3.35. The molecule has 0 saturated heterocycles. The summed E-state index contributed by atoms with van der Waals surface area (Å²) in [6, 6.07) is 0.0295. The fraction of sp³-hybridized carbons (Fsp3) is 0.714. The van der Waals surface area contributed by atoms with Crippen molar-refractivity contribution in [3.8, 4) is 0 Å². The number of nitrogens with zero attached hydrogens (tertiary/aromatic N) is 2. The molecule has 4 nitrogen and oxygen atoms in total. The second-order valence-electron chi connectivity index (χ2n) is 4.93. The molecular formula is C14H25N3O. The Hall–Kier alpha value is -1.32. The average Bonchev–Trinajstić information content (AvgIpc) is 2.77. The van der Waals surface area contributed by atoms with E-state index in [2.05, 4.69) is 24.3 Å². The lowest BCUT2D eigenvalue weighted by molar-refractivity contribution is -0.126. The summed E-state index contributed by atoms with van der Waals surface area (Å²) in [4.78, 5) is 12.1. The van der Waals surface area contributed by atoms with E-state index in [4.69, 9.17) is 0 Å². The molecule has 18 heavy (non-hydrogen) atoms. The Kier molecular flexibility index (Phi) is 5.89. The first-order valence-corrected chi connectivity index (χ1v) is 6.87. The van der Waals surface area contributed by atoms with Crippen molar-refractivity contribution in [1.82, 2.24) is 15.1 Å².